The van der Waals surface area contributed by atoms with Crippen LogP contribution in [-0.2, 0) is 6.42 Å². The molecule has 0 bridgehead atoms. The lowest BCUT2D eigenvalue weighted by atomic mass is 9.91. The first-order valence-electron chi connectivity index (χ1n) is 5.87. The van der Waals surface area contributed by atoms with E-state index in [0.717, 1.165) is 37.9 Å². The highest BCUT2D eigenvalue weighted by molar-refractivity contribution is 5.26. The Morgan fingerprint density at radius 2 is 2.38 bits per heavy atom. The van der Waals surface area contributed by atoms with Crippen LogP contribution in [-0.4, -0.2) is 23.2 Å². The van der Waals surface area contributed by atoms with Crippen molar-refractivity contribution in [2.45, 2.75) is 31.7 Å². The van der Waals surface area contributed by atoms with Crippen LogP contribution in [0, 0.1) is 0 Å². The molecule has 0 radical (unpaired) electrons. The van der Waals surface area contributed by atoms with E-state index in [9.17, 15) is 4.79 Å². The number of aliphatic hydroxyl groups excluding tert-OH is 1. The molecule has 0 saturated carbocycles. The van der Waals surface area contributed by atoms with Gasteiger partial charge in [-0.05, 0) is 37.8 Å². The maximum absolute atomic E-state index is 11.2. The lowest BCUT2D eigenvalue weighted by Crippen LogP contribution is -2.28. The van der Waals surface area contributed by atoms with Gasteiger partial charge >= 0.3 is 0 Å². The molecule has 1 aliphatic carbocycles. The normalized spacial score (nSPS) is 19.4. The molecule has 3 N–H and O–H groups in total. The minimum Gasteiger partial charge on any atom is -0.396 e. The second kappa shape index (κ2) is 5.27. The van der Waals surface area contributed by atoms with Gasteiger partial charge in [-0.3, -0.25) is 4.79 Å². The largest absolute Gasteiger partial charge is 0.396 e. The summed E-state index contributed by atoms with van der Waals surface area (Å²) in [5.74, 6) is 0. The van der Waals surface area contributed by atoms with Crippen molar-refractivity contribution in [3.63, 3.8) is 0 Å². The highest BCUT2D eigenvalue weighted by Gasteiger charge is 2.19. The molecule has 4 heteroatoms. The molecule has 16 heavy (non-hydrogen) atoms. The summed E-state index contributed by atoms with van der Waals surface area (Å²) in [5, 5.41) is 12.2. The van der Waals surface area contributed by atoms with Crippen LogP contribution in [0.5, 0.6) is 0 Å². The number of nitrogens with one attached hydrogen (secondary N) is 2. The van der Waals surface area contributed by atoms with E-state index in [2.05, 4.69) is 10.3 Å². The van der Waals surface area contributed by atoms with Gasteiger partial charge in [-0.1, -0.05) is 6.07 Å². The SMILES string of the molecule is O=c1ccc2c([nH]1)CCCC2NCCCO. The van der Waals surface area contributed by atoms with Crippen molar-refractivity contribution in [1.82, 2.24) is 10.3 Å². The van der Waals surface area contributed by atoms with E-state index in [0.29, 0.717) is 6.04 Å². The van der Waals surface area contributed by atoms with Gasteiger partial charge in [-0.15, -0.1) is 0 Å². The van der Waals surface area contributed by atoms with Gasteiger partial charge in [-0.2, -0.15) is 0 Å². The number of hydrogen-bond donors (Lipinski definition) is 3. The minimum atomic E-state index is -0.0187. The number of hydrogen-bond acceptors (Lipinski definition) is 3. The first-order chi connectivity index (χ1) is 7.81. The molecule has 0 amide bonds. The van der Waals surface area contributed by atoms with Crippen LogP contribution >= 0.6 is 0 Å². The number of aryl methyl sites for hydroxylation is 1. The molecule has 0 aliphatic heterocycles. The zero-order valence-corrected chi connectivity index (χ0v) is 9.33. The van der Waals surface area contributed by atoms with E-state index in [1.165, 1.54) is 5.56 Å². The Kier molecular flexibility index (Phi) is 3.74. The van der Waals surface area contributed by atoms with Crippen molar-refractivity contribution < 1.29 is 5.11 Å². The van der Waals surface area contributed by atoms with Crippen LogP contribution < -0.4 is 10.9 Å². The maximum Gasteiger partial charge on any atom is 0.248 e. The van der Waals surface area contributed by atoms with Crippen molar-refractivity contribution in [2.75, 3.05) is 13.2 Å². The number of aromatic amines is 1. The molecule has 1 aliphatic rings. The second-order valence-corrected chi connectivity index (χ2v) is 4.23. The summed E-state index contributed by atoms with van der Waals surface area (Å²) in [5.41, 5.74) is 2.26. The van der Waals surface area contributed by atoms with Crippen molar-refractivity contribution in [3.8, 4) is 0 Å². The molecule has 1 atom stereocenters. The zero-order chi connectivity index (χ0) is 11.4. The van der Waals surface area contributed by atoms with Gasteiger partial charge in [-0.25, -0.2) is 0 Å². The summed E-state index contributed by atoms with van der Waals surface area (Å²) < 4.78 is 0. The Bertz CT molecular complexity index is 400. The lowest BCUT2D eigenvalue weighted by molar-refractivity contribution is 0.281. The highest BCUT2D eigenvalue weighted by Crippen LogP contribution is 2.27. The Morgan fingerprint density at radius 3 is 3.19 bits per heavy atom. The van der Waals surface area contributed by atoms with Crippen molar-refractivity contribution >= 4 is 0 Å². The van der Waals surface area contributed by atoms with E-state index in [-0.39, 0.29) is 12.2 Å². The van der Waals surface area contributed by atoms with E-state index in [1.807, 2.05) is 6.07 Å². The number of aromatic nitrogens is 1. The summed E-state index contributed by atoms with van der Waals surface area (Å²) in [6.07, 6.45) is 3.94. The van der Waals surface area contributed by atoms with Crippen LogP contribution in [0.2, 0.25) is 0 Å². The molecular formula is C12H18N2O2. The molecule has 4 nitrogen and oxygen atoms in total. The Hall–Kier alpha value is -1.13. The van der Waals surface area contributed by atoms with Gasteiger partial charge in [0.1, 0.15) is 0 Å². The van der Waals surface area contributed by atoms with Crippen LogP contribution in [0.1, 0.15) is 36.6 Å². The molecule has 2 rings (SSSR count). The number of pyridine rings is 1. The predicted molar refractivity (Wildman–Crippen MR) is 62.4 cm³/mol. The van der Waals surface area contributed by atoms with Crippen LogP contribution in [0.25, 0.3) is 0 Å². The zero-order valence-electron chi connectivity index (χ0n) is 9.33. The Morgan fingerprint density at radius 1 is 1.50 bits per heavy atom. The average molecular weight is 222 g/mol. The van der Waals surface area contributed by atoms with E-state index < -0.39 is 0 Å². The standard InChI is InChI=1S/C12H18N2O2/c15-8-2-7-13-10-3-1-4-11-9(10)5-6-12(16)14-11/h5-6,10,13,15H,1-4,7-8H2,(H,14,16). The molecule has 0 saturated heterocycles. The number of aliphatic hydroxyl groups is 1. The third-order valence-electron chi connectivity index (χ3n) is 3.06. The maximum atomic E-state index is 11.2. The van der Waals surface area contributed by atoms with E-state index in [4.69, 9.17) is 5.11 Å². The summed E-state index contributed by atoms with van der Waals surface area (Å²) in [4.78, 5) is 14.1. The molecule has 0 spiro atoms. The van der Waals surface area contributed by atoms with Gasteiger partial charge in [0.15, 0.2) is 0 Å². The van der Waals surface area contributed by atoms with Crippen LogP contribution in [0.3, 0.4) is 0 Å². The van der Waals surface area contributed by atoms with Crippen LogP contribution in [0.4, 0.5) is 0 Å². The molecule has 1 heterocycles. The van der Waals surface area contributed by atoms with Gasteiger partial charge in [0.05, 0.1) is 0 Å². The monoisotopic (exact) mass is 222 g/mol. The third kappa shape index (κ3) is 2.51. The number of fused-ring (bicyclic) bond motifs is 1. The van der Waals surface area contributed by atoms with Gasteiger partial charge in [0, 0.05) is 24.4 Å². The molecular weight excluding hydrogens is 204 g/mol. The second-order valence-electron chi connectivity index (χ2n) is 4.23. The Labute approximate surface area is 94.7 Å². The first kappa shape index (κ1) is 11.4. The summed E-state index contributed by atoms with van der Waals surface area (Å²) in [7, 11) is 0. The van der Waals surface area contributed by atoms with E-state index >= 15 is 0 Å². The fraction of sp³-hybridized carbons (Fsp3) is 0.583. The smallest absolute Gasteiger partial charge is 0.248 e. The fourth-order valence-corrected chi connectivity index (χ4v) is 2.27. The van der Waals surface area contributed by atoms with Crippen molar-refractivity contribution in [2.24, 2.45) is 0 Å². The fourth-order valence-electron chi connectivity index (χ4n) is 2.27. The summed E-state index contributed by atoms with van der Waals surface area (Å²) in [6.45, 7) is 1.04. The average Bonchev–Trinajstić information content (AvgIpc) is 2.29. The third-order valence-corrected chi connectivity index (χ3v) is 3.06. The topological polar surface area (TPSA) is 65.1 Å². The van der Waals surface area contributed by atoms with Crippen molar-refractivity contribution in [1.29, 1.82) is 0 Å². The molecule has 1 aromatic rings. The number of rotatable bonds is 4. The molecule has 0 aromatic carbocycles. The summed E-state index contributed by atoms with van der Waals surface area (Å²) in [6, 6.07) is 3.83. The minimum absolute atomic E-state index is 0.0187. The highest BCUT2D eigenvalue weighted by atomic mass is 16.3. The molecule has 88 valence electrons. The van der Waals surface area contributed by atoms with Crippen molar-refractivity contribution in [3.05, 3.63) is 33.7 Å². The van der Waals surface area contributed by atoms with Gasteiger partial charge in [0.25, 0.3) is 0 Å². The van der Waals surface area contributed by atoms with Gasteiger partial charge < -0.3 is 15.4 Å². The molecule has 1 unspecified atom stereocenters. The summed E-state index contributed by atoms with van der Waals surface area (Å²) >= 11 is 0. The van der Waals surface area contributed by atoms with Crippen LogP contribution in [0.15, 0.2) is 16.9 Å². The number of H-pyrrole nitrogens is 1. The molecule has 1 aromatic heterocycles. The quantitative estimate of drug-likeness (QED) is 0.658. The van der Waals surface area contributed by atoms with Gasteiger partial charge in [0.2, 0.25) is 5.56 Å². The molecule has 0 fully saturated rings. The van der Waals surface area contributed by atoms with E-state index in [1.54, 1.807) is 6.07 Å². The Balaban J connectivity index is 2.10. The predicted octanol–water partition coefficient (Wildman–Crippen LogP) is 0.724. The first-order valence-corrected chi connectivity index (χ1v) is 5.87. The lowest BCUT2D eigenvalue weighted by Gasteiger charge is -2.25.